The molecule has 2 aliphatic rings. The van der Waals surface area contributed by atoms with Gasteiger partial charge in [0.05, 0.1) is 43.5 Å². The SMILES string of the molecule is CCc1ccnc(N2CCOC3(CCN(Cc4cccc(CCOCCC(=O)N(C)CCNC[C@H](O)c5ccc(O)c6[nH]c(=O)ccc56)c4Cl)CC3)C2)c1. The lowest BCUT2D eigenvalue weighted by molar-refractivity contribution is -0.131. The number of likely N-dealkylation sites (tertiary alicyclic amines) is 1. The summed E-state index contributed by atoms with van der Waals surface area (Å²) in [7, 11) is 1.75. The summed E-state index contributed by atoms with van der Waals surface area (Å²) in [6.07, 6.45) is 4.92. The number of piperidine rings is 1. The molecular formula is C41H53ClN6O6. The lowest BCUT2D eigenvalue weighted by Gasteiger charge is -2.47. The first-order valence-electron chi connectivity index (χ1n) is 19.0. The van der Waals surface area contributed by atoms with E-state index < -0.39 is 6.10 Å². The highest BCUT2D eigenvalue weighted by Crippen LogP contribution is 2.34. The quantitative estimate of drug-likeness (QED) is 0.121. The highest BCUT2D eigenvalue weighted by molar-refractivity contribution is 6.32. The summed E-state index contributed by atoms with van der Waals surface area (Å²) in [6.45, 7) is 9.29. The van der Waals surface area contributed by atoms with Gasteiger partial charge in [0.15, 0.2) is 0 Å². The molecule has 2 saturated heterocycles. The zero-order valence-corrected chi connectivity index (χ0v) is 32.1. The summed E-state index contributed by atoms with van der Waals surface area (Å²) < 4.78 is 12.3. The third-order valence-electron chi connectivity index (χ3n) is 10.7. The van der Waals surface area contributed by atoms with Gasteiger partial charge in [-0.05, 0) is 72.2 Å². The van der Waals surface area contributed by atoms with Crippen molar-refractivity contribution in [1.82, 2.24) is 25.1 Å². The van der Waals surface area contributed by atoms with Gasteiger partial charge in [-0.1, -0.05) is 42.8 Å². The number of carbonyl (C=O) groups is 1. The number of nitrogens with one attached hydrogen (secondary N) is 2. The first-order valence-corrected chi connectivity index (χ1v) is 19.4. The molecule has 0 radical (unpaired) electrons. The summed E-state index contributed by atoms with van der Waals surface area (Å²) in [5, 5.41) is 25.4. The van der Waals surface area contributed by atoms with Crippen molar-refractivity contribution in [2.75, 3.05) is 77.6 Å². The van der Waals surface area contributed by atoms with Crippen LogP contribution in [-0.4, -0.2) is 114 Å². The number of aromatic nitrogens is 2. The smallest absolute Gasteiger partial charge is 0.248 e. The van der Waals surface area contributed by atoms with E-state index in [1.54, 1.807) is 24.1 Å². The van der Waals surface area contributed by atoms with Crippen LogP contribution >= 0.6 is 11.6 Å². The number of rotatable bonds is 16. The van der Waals surface area contributed by atoms with Gasteiger partial charge in [-0.2, -0.15) is 0 Å². The fourth-order valence-electron chi connectivity index (χ4n) is 7.41. The van der Waals surface area contributed by atoms with Crippen LogP contribution in [0.1, 0.15) is 54.5 Å². The van der Waals surface area contributed by atoms with Gasteiger partial charge in [-0.3, -0.25) is 14.5 Å². The zero-order chi connectivity index (χ0) is 38.1. The Morgan fingerprint density at radius 2 is 1.94 bits per heavy atom. The molecule has 1 atom stereocenters. The molecule has 0 saturated carbocycles. The number of halogens is 1. The number of benzene rings is 2. The molecule has 6 rings (SSSR count). The number of fused-ring (bicyclic) bond motifs is 1. The number of anilines is 1. The third kappa shape index (κ3) is 9.98. The van der Waals surface area contributed by atoms with Crippen LogP contribution in [0.3, 0.4) is 0 Å². The average molecular weight is 761 g/mol. The Kier molecular flexibility index (Phi) is 13.6. The number of carbonyl (C=O) groups excluding carboxylic acids is 1. The van der Waals surface area contributed by atoms with Gasteiger partial charge in [0.2, 0.25) is 11.5 Å². The second-order valence-corrected chi connectivity index (χ2v) is 14.8. The minimum absolute atomic E-state index is 0.0251. The Hall–Kier alpha value is -4.04. The summed E-state index contributed by atoms with van der Waals surface area (Å²) in [6, 6.07) is 16.5. The van der Waals surface area contributed by atoms with Crippen LogP contribution in [0.2, 0.25) is 5.02 Å². The van der Waals surface area contributed by atoms with Crippen molar-refractivity contribution in [3.05, 3.63) is 98.4 Å². The van der Waals surface area contributed by atoms with E-state index in [1.807, 2.05) is 12.3 Å². The maximum Gasteiger partial charge on any atom is 0.248 e. The molecule has 4 N–H and O–H groups in total. The van der Waals surface area contributed by atoms with Crippen molar-refractivity contribution in [1.29, 1.82) is 0 Å². The molecule has 0 unspecified atom stereocenters. The summed E-state index contributed by atoms with van der Waals surface area (Å²) in [4.78, 5) is 38.1. The van der Waals surface area contributed by atoms with Crippen LogP contribution in [0.4, 0.5) is 5.82 Å². The van der Waals surface area contributed by atoms with Gasteiger partial charge >= 0.3 is 0 Å². The maximum absolute atomic E-state index is 12.7. The largest absolute Gasteiger partial charge is 0.506 e. The fourth-order valence-corrected chi connectivity index (χ4v) is 7.69. The van der Waals surface area contributed by atoms with Crippen molar-refractivity contribution in [2.24, 2.45) is 0 Å². The number of pyridine rings is 2. The Bertz CT molecular complexity index is 1930. The average Bonchev–Trinajstić information content (AvgIpc) is 3.18. The van der Waals surface area contributed by atoms with Gasteiger partial charge < -0.3 is 39.8 Å². The van der Waals surface area contributed by atoms with Crippen LogP contribution in [0, 0.1) is 0 Å². The van der Waals surface area contributed by atoms with Crippen LogP contribution in [-0.2, 0) is 33.7 Å². The topological polar surface area (TPSA) is 143 Å². The number of aryl methyl sites for hydroxylation is 1. The van der Waals surface area contributed by atoms with Crippen LogP contribution in [0.25, 0.3) is 10.9 Å². The molecule has 0 bridgehead atoms. The van der Waals surface area contributed by atoms with Gasteiger partial charge in [-0.15, -0.1) is 0 Å². The lowest BCUT2D eigenvalue weighted by Crippen LogP contribution is -2.57. The van der Waals surface area contributed by atoms with Crippen molar-refractivity contribution in [3.8, 4) is 5.75 Å². The monoisotopic (exact) mass is 760 g/mol. The van der Waals surface area contributed by atoms with Crippen molar-refractivity contribution in [2.45, 2.75) is 57.3 Å². The molecule has 12 nitrogen and oxygen atoms in total. The van der Waals surface area contributed by atoms with E-state index in [9.17, 15) is 19.8 Å². The van der Waals surface area contributed by atoms with E-state index in [4.69, 9.17) is 21.1 Å². The number of hydrogen-bond acceptors (Lipinski definition) is 10. The number of aromatic hydroxyl groups is 1. The number of phenolic OH excluding ortho intramolecular Hbond substituents is 1. The Labute approximate surface area is 322 Å². The minimum Gasteiger partial charge on any atom is -0.506 e. The minimum atomic E-state index is -0.865. The molecule has 1 spiro atoms. The number of amides is 1. The third-order valence-corrected chi connectivity index (χ3v) is 11.2. The summed E-state index contributed by atoms with van der Waals surface area (Å²) >= 11 is 6.91. The number of ether oxygens (including phenoxy) is 2. The molecular weight excluding hydrogens is 708 g/mol. The highest BCUT2D eigenvalue weighted by Gasteiger charge is 2.40. The second-order valence-electron chi connectivity index (χ2n) is 14.4. The Morgan fingerprint density at radius 1 is 1.13 bits per heavy atom. The van der Waals surface area contributed by atoms with Crippen LogP contribution in [0.15, 0.2) is 65.6 Å². The maximum atomic E-state index is 12.7. The standard InChI is InChI=1S/C41H53ClN6O6/c1-3-29-11-16-44-36(25-29)48-21-24-54-41(28-48)14-18-47(19-15-41)27-31-6-4-5-30(39(31)42)12-22-53-23-13-38(52)46(2)20-17-43-26-35(50)32-7-9-34(49)40-33(32)8-10-37(51)45-40/h4-11,16,25,35,43,49-50H,3,12-15,17-24,26-28H2,1-2H3,(H,45,51)/t35-/m0/s1. The van der Waals surface area contributed by atoms with Crippen molar-refractivity contribution >= 4 is 34.2 Å². The molecule has 2 aromatic carbocycles. The predicted molar refractivity (Wildman–Crippen MR) is 211 cm³/mol. The number of morpholine rings is 1. The molecule has 1 amide bonds. The summed E-state index contributed by atoms with van der Waals surface area (Å²) in [5.74, 6) is 0.970. The first-order chi connectivity index (χ1) is 26.1. The lowest BCUT2D eigenvalue weighted by atomic mass is 9.89. The molecule has 4 heterocycles. The number of aliphatic hydroxyl groups excluding tert-OH is 1. The molecule has 13 heteroatoms. The second kappa shape index (κ2) is 18.5. The van der Waals surface area contributed by atoms with E-state index in [-0.39, 0.29) is 35.8 Å². The fraction of sp³-hybridized carbons (Fsp3) is 0.488. The molecule has 2 aromatic heterocycles. The number of H-pyrrole nitrogens is 1. The van der Waals surface area contributed by atoms with Crippen molar-refractivity contribution in [3.63, 3.8) is 0 Å². The molecule has 2 aliphatic heterocycles. The van der Waals surface area contributed by atoms with Gasteiger partial charge in [0, 0.05) is 82.1 Å². The summed E-state index contributed by atoms with van der Waals surface area (Å²) in [5.41, 5.74) is 3.87. The number of nitrogens with zero attached hydrogens (tertiary/aromatic N) is 4. The van der Waals surface area contributed by atoms with E-state index >= 15 is 0 Å². The number of aliphatic hydroxyl groups is 1. The molecule has 54 heavy (non-hydrogen) atoms. The van der Waals surface area contributed by atoms with Gasteiger partial charge in [-0.25, -0.2) is 4.98 Å². The Balaban J connectivity index is 0.874. The van der Waals surface area contributed by atoms with Crippen LogP contribution < -0.4 is 15.8 Å². The molecule has 2 fully saturated rings. The molecule has 0 aliphatic carbocycles. The van der Waals surface area contributed by atoms with E-state index in [0.717, 1.165) is 80.6 Å². The zero-order valence-electron chi connectivity index (χ0n) is 31.4. The highest BCUT2D eigenvalue weighted by atomic mass is 35.5. The number of phenols is 1. The number of hydrogen-bond donors (Lipinski definition) is 4. The molecule has 290 valence electrons. The normalized spacial score (nSPS) is 16.6. The molecule has 4 aromatic rings. The Morgan fingerprint density at radius 3 is 2.76 bits per heavy atom. The van der Waals surface area contributed by atoms with Gasteiger partial charge in [0.25, 0.3) is 0 Å². The van der Waals surface area contributed by atoms with Gasteiger partial charge in [0.1, 0.15) is 11.6 Å². The number of aromatic amines is 1. The van der Waals surface area contributed by atoms with Crippen molar-refractivity contribution < 1.29 is 24.5 Å². The van der Waals surface area contributed by atoms with Crippen LogP contribution in [0.5, 0.6) is 5.75 Å². The number of likely N-dealkylation sites (N-methyl/N-ethyl adjacent to an activating group) is 1. The van der Waals surface area contributed by atoms with E-state index in [1.165, 1.54) is 17.7 Å². The van der Waals surface area contributed by atoms with E-state index in [2.05, 4.69) is 56.3 Å². The predicted octanol–water partition coefficient (Wildman–Crippen LogP) is 4.45. The van der Waals surface area contributed by atoms with E-state index in [0.29, 0.717) is 49.2 Å². The first kappa shape index (κ1) is 39.6.